The van der Waals surface area contributed by atoms with Crippen molar-refractivity contribution in [3.8, 4) is 0 Å². The van der Waals surface area contributed by atoms with Crippen LogP contribution in [0.5, 0.6) is 0 Å². The van der Waals surface area contributed by atoms with Gasteiger partial charge in [0.2, 0.25) is 0 Å². The van der Waals surface area contributed by atoms with E-state index < -0.39 is 10.1 Å². The smallest absolute Gasteiger partial charge is 0.744 e. The van der Waals surface area contributed by atoms with Crippen LogP contribution in [0.1, 0.15) is 77.7 Å². The first-order valence-corrected chi connectivity index (χ1v) is 9.75. The molecule has 0 aliphatic heterocycles. The van der Waals surface area contributed by atoms with Crippen LogP contribution in [-0.4, -0.2) is 13.0 Å². The fourth-order valence-electron chi connectivity index (χ4n) is 2.90. The number of unbranched alkanes of at least 4 members (excludes halogenated alkanes) is 6. The molecule has 0 amide bonds. The molecule has 0 saturated carbocycles. The van der Waals surface area contributed by atoms with Crippen LogP contribution in [0.2, 0.25) is 0 Å². The Balaban J connectivity index is 0.00000484. The Kier molecular flexibility index (Phi) is 10.9. The van der Waals surface area contributed by atoms with Gasteiger partial charge < -0.3 is 4.55 Å². The maximum absolute atomic E-state index is 11.4. The summed E-state index contributed by atoms with van der Waals surface area (Å²) in [5, 5.41) is 0. The van der Waals surface area contributed by atoms with Crippen LogP contribution < -0.4 is 29.6 Å². The molecule has 0 unspecified atom stereocenters. The van der Waals surface area contributed by atoms with Gasteiger partial charge >= 0.3 is 29.6 Å². The average Bonchev–Trinajstić information content (AvgIpc) is 2.45. The summed E-state index contributed by atoms with van der Waals surface area (Å²) in [7, 11) is -4.41. The van der Waals surface area contributed by atoms with Gasteiger partial charge in [-0.1, -0.05) is 83.9 Å². The van der Waals surface area contributed by atoms with Crippen molar-refractivity contribution >= 4 is 10.1 Å². The molecule has 0 bridgehead atoms. The van der Waals surface area contributed by atoms with Crippen molar-refractivity contribution < 1.29 is 42.5 Å². The average molecular weight is 348 g/mol. The Morgan fingerprint density at radius 3 is 2.04 bits per heavy atom. The molecule has 0 aromatic heterocycles. The second-order valence-corrected chi connectivity index (χ2v) is 8.05. The van der Waals surface area contributed by atoms with Crippen LogP contribution >= 0.6 is 0 Å². The van der Waals surface area contributed by atoms with Gasteiger partial charge in [0, 0.05) is 0 Å². The van der Waals surface area contributed by atoms with E-state index in [4.69, 9.17) is 0 Å². The van der Waals surface area contributed by atoms with Gasteiger partial charge in [0.25, 0.3) is 0 Å². The standard InChI is InChI=1S/C18H30O3S.Na/c1-4-5-6-7-8-9-12-15-18(2,3)16-13-10-11-14-17(16)22(19,20)21;/h10-11,13-14H,4-9,12,15H2,1-3H3,(H,19,20,21);/q;+1/p-1. The SMILES string of the molecule is CCCCCCCCCC(C)(C)c1ccccc1S(=O)(=O)[O-].[Na+]. The van der Waals surface area contributed by atoms with E-state index in [9.17, 15) is 13.0 Å². The van der Waals surface area contributed by atoms with Gasteiger partial charge in [-0.2, -0.15) is 0 Å². The third-order valence-corrected chi connectivity index (χ3v) is 5.19. The predicted molar refractivity (Wildman–Crippen MR) is 90.0 cm³/mol. The summed E-state index contributed by atoms with van der Waals surface area (Å²) in [6.45, 7) is 6.26. The van der Waals surface area contributed by atoms with Crippen molar-refractivity contribution in [2.24, 2.45) is 0 Å². The number of benzene rings is 1. The van der Waals surface area contributed by atoms with Crippen LogP contribution in [0, 0.1) is 0 Å². The third kappa shape index (κ3) is 8.17. The first kappa shape index (κ1) is 23.1. The molecule has 0 radical (unpaired) electrons. The van der Waals surface area contributed by atoms with E-state index in [-0.39, 0.29) is 39.9 Å². The molecule has 1 aromatic rings. The Morgan fingerprint density at radius 1 is 0.957 bits per heavy atom. The Bertz CT molecular complexity index is 553. The Labute approximate surface area is 164 Å². The summed E-state index contributed by atoms with van der Waals surface area (Å²) in [4.78, 5) is -0.0667. The summed E-state index contributed by atoms with van der Waals surface area (Å²) in [5.74, 6) is 0. The van der Waals surface area contributed by atoms with Crippen LogP contribution in [0.25, 0.3) is 0 Å². The molecule has 5 heteroatoms. The summed E-state index contributed by atoms with van der Waals surface area (Å²) < 4.78 is 34.3. The molecule has 0 spiro atoms. The molecule has 23 heavy (non-hydrogen) atoms. The Hall–Kier alpha value is 0.130. The van der Waals surface area contributed by atoms with E-state index in [1.165, 1.54) is 44.6 Å². The number of hydrogen-bond donors (Lipinski definition) is 0. The molecule has 0 heterocycles. The van der Waals surface area contributed by atoms with Crippen molar-refractivity contribution in [1.29, 1.82) is 0 Å². The monoisotopic (exact) mass is 348 g/mol. The van der Waals surface area contributed by atoms with Crippen molar-refractivity contribution in [2.75, 3.05) is 0 Å². The maximum Gasteiger partial charge on any atom is 1.00 e. The van der Waals surface area contributed by atoms with Gasteiger partial charge in [-0.15, -0.1) is 0 Å². The first-order chi connectivity index (χ1) is 10.3. The molecular weight excluding hydrogens is 319 g/mol. The number of rotatable bonds is 10. The van der Waals surface area contributed by atoms with Crippen LogP contribution in [0.3, 0.4) is 0 Å². The molecule has 0 fully saturated rings. The quantitative estimate of drug-likeness (QED) is 0.369. The predicted octanol–water partition coefficient (Wildman–Crippen LogP) is 2.01. The van der Waals surface area contributed by atoms with Gasteiger partial charge in [-0.05, 0) is 23.5 Å². The van der Waals surface area contributed by atoms with Crippen molar-refractivity contribution in [3.05, 3.63) is 29.8 Å². The van der Waals surface area contributed by atoms with Gasteiger partial charge in [0.1, 0.15) is 10.1 Å². The zero-order valence-electron chi connectivity index (χ0n) is 15.1. The van der Waals surface area contributed by atoms with Crippen LogP contribution in [0.4, 0.5) is 0 Å². The summed E-state index contributed by atoms with van der Waals surface area (Å²) in [6.07, 6.45) is 9.50. The fourth-order valence-corrected chi connectivity index (χ4v) is 3.76. The van der Waals surface area contributed by atoms with Crippen molar-refractivity contribution in [3.63, 3.8) is 0 Å². The van der Waals surface area contributed by atoms with Gasteiger partial charge in [-0.25, -0.2) is 8.42 Å². The molecule has 0 N–H and O–H groups in total. The summed E-state index contributed by atoms with van der Waals surface area (Å²) in [5.41, 5.74) is 0.355. The topological polar surface area (TPSA) is 57.2 Å². The summed E-state index contributed by atoms with van der Waals surface area (Å²) in [6, 6.07) is 6.60. The van der Waals surface area contributed by atoms with E-state index >= 15 is 0 Å². The van der Waals surface area contributed by atoms with E-state index in [0.717, 1.165) is 12.8 Å². The third-order valence-electron chi connectivity index (χ3n) is 4.29. The van der Waals surface area contributed by atoms with E-state index in [1.54, 1.807) is 18.2 Å². The van der Waals surface area contributed by atoms with E-state index in [1.807, 2.05) is 13.8 Å². The molecule has 0 atom stereocenters. The zero-order chi connectivity index (χ0) is 16.6. The molecule has 1 aromatic carbocycles. The molecule has 0 aliphatic rings. The maximum atomic E-state index is 11.4. The molecule has 0 saturated heterocycles. The fraction of sp³-hybridized carbons (Fsp3) is 0.667. The van der Waals surface area contributed by atoms with E-state index in [2.05, 4.69) is 6.92 Å². The summed E-state index contributed by atoms with van der Waals surface area (Å²) >= 11 is 0. The molecular formula is C18H29NaO3S. The van der Waals surface area contributed by atoms with Crippen molar-refractivity contribution in [2.45, 2.75) is 82.4 Å². The minimum absolute atomic E-state index is 0. The second-order valence-electron chi connectivity index (χ2n) is 6.71. The van der Waals surface area contributed by atoms with Crippen molar-refractivity contribution in [1.82, 2.24) is 0 Å². The molecule has 3 nitrogen and oxygen atoms in total. The molecule has 126 valence electrons. The number of hydrogen-bond acceptors (Lipinski definition) is 3. The molecule has 0 aliphatic carbocycles. The second kappa shape index (κ2) is 10.9. The minimum Gasteiger partial charge on any atom is -0.744 e. The normalized spacial score (nSPS) is 12.0. The van der Waals surface area contributed by atoms with Crippen LogP contribution in [0.15, 0.2) is 29.2 Å². The van der Waals surface area contributed by atoms with Crippen LogP contribution in [-0.2, 0) is 15.5 Å². The van der Waals surface area contributed by atoms with Gasteiger partial charge in [0.05, 0.1) is 4.90 Å². The largest absolute Gasteiger partial charge is 1.00 e. The van der Waals surface area contributed by atoms with E-state index in [0.29, 0.717) is 5.56 Å². The zero-order valence-corrected chi connectivity index (χ0v) is 17.9. The van der Waals surface area contributed by atoms with Gasteiger partial charge in [-0.3, -0.25) is 0 Å². The first-order valence-electron chi connectivity index (χ1n) is 8.34. The minimum atomic E-state index is -4.41. The Morgan fingerprint density at radius 2 is 1.48 bits per heavy atom. The molecule has 1 rings (SSSR count). The van der Waals surface area contributed by atoms with Gasteiger partial charge in [0.15, 0.2) is 0 Å².